The number of rotatable bonds is 6. The van der Waals surface area contributed by atoms with E-state index in [4.69, 9.17) is 9.94 Å². The van der Waals surface area contributed by atoms with Gasteiger partial charge in [0.15, 0.2) is 9.84 Å². The maximum absolute atomic E-state index is 12.3. The molecular formula is C12H17NO5S. The van der Waals surface area contributed by atoms with Gasteiger partial charge in [-0.1, -0.05) is 13.3 Å². The van der Waals surface area contributed by atoms with E-state index in [1.54, 1.807) is 6.92 Å². The lowest BCUT2D eigenvalue weighted by molar-refractivity contribution is -0.128. The zero-order chi connectivity index (χ0) is 14.5. The van der Waals surface area contributed by atoms with Gasteiger partial charge in [-0.2, -0.15) is 0 Å². The van der Waals surface area contributed by atoms with Crippen molar-refractivity contribution in [3.63, 3.8) is 0 Å². The molecule has 0 bridgehead atoms. The average Bonchev–Trinajstić information content (AvgIpc) is 2.43. The van der Waals surface area contributed by atoms with Crippen molar-refractivity contribution in [3.05, 3.63) is 24.3 Å². The summed E-state index contributed by atoms with van der Waals surface area (Å²) >= 11 is 0. The maximum atomic E-state index is 12.3. The fourth-order valence-electron chi connectivity index (χ4n) is 1.69. The van der Waals surface area contributed by atoms with Crippen molar-refractivity contribution in [2.75, 3.05) is 7.11 Å². The molecule has 0 spiro atoms. The van der Waals surface area contributed by atoms with Gasteiger partial charge in [0.1, 0.15) is 11.0 Å². The van der Waals surface area contributed by atoms with Gasteiger partial charge in [-0.3, -0.25) is 10.0 Å². The van der Waals surface area contributed by atoms with Crippen LogP contribution in [0.3, 0.4) is 0 Å². The van der Waals surface area contributed by atoms with Crippen LogP contribution in [0.5, 0.6) is 5.75 Å². The Kier molecular flexibility index (Phi) is 5.31. The molecule has 0 fully saturated rings. The van der Waals surface area contributed by atoms with Crippen LogP contribution in [-0.4, -0.2) is 31.9 Å². The van der Waals surface area contributed by atoms with Crippen molar-refractivity contribution in [1.82, 2.24) is 5.48 Å². The van der Waals surface area contributed by atoms with E-state index in [1.165, 1.54) is 36.9 Å². The van der Waals surface area contributed by atoms with Gasteiger partial charge in [-0.15, -0.1) is 0 Å². The second-order valence-electron chi connectivity index (χ2n) is 3.97. The molecule has 1 rings (SSSR count). The van der Waals surface area contributed by atoms with Gasteiger partial charge >= 0.3 is 0 Å². The summed E-state index contributed by atoms with van der Waals surface area (Å²) in [6.07, 6.45) is 0.647. The van der Waals surface area contributed by atoms with Crippen LogP contribution in [0.4, 0.5) is 0 Å². The number of benzene rings is 1. The standard InChI is InChI=1S/C12H17NO5S/c1-3-4-11(12(14)13-15)19(16,17)10-7-5-9(18-2)6-8-10/h5-8,11,15H,3-4H2,1-2H3,(H,13,14). The van der Waals surface area contributed by atoms with E-state index >= 15 is 0 Å². The van der Waals surface area contributed by atoms with Crippen LogP contribution in [0, 0.1) is 0 Å². The molecule has 0 heterocycles. The zero-order valence-electron chi connectivity index (χ0n) is 10.8. The number of hydrogen-bond donors (Lipinski definition) is 2. The number of sulfone groups is 1. The molecule has 1 unspecified atom stereocenters. The monoisotopic (exact) mass is 287 g/mol. The molecular weight excluding hydrogens is 270 g/mol. The van der Waals surface area contributed by atoms with Crippen molar-refractivity contribution < 1.29 is 23.2 Å². The highest BCUT2D eigenvalue weighted by molar-refractivity contribution is 7.92. The Hall–Kier alpha value is -1.60. The number of carbonyl (C=O) groups excluding carboxylic acids is 1. The minimum atomic E-state index is -3.83. The zero-order valence-corrected chi connectivity index (χ0v) is 11.6. The van der Waals surface area contributed by atoms with Crippen LogP contribution in [0.15, 0.2) is 29.2 Å². The quantitative estimate of drug-likeness (QED) is 0.604. The summed E-state index contributed by atoms with van der Waals surface area (Å²) < 4.78 is 29.6. The highest BCUT2D eigenvalue weighted by atomic mass is 32.2. The fourth-order valence-corrected chi connectivity index (χ4v) is 3.42. The first kappa shape index (κ1) is 15.5. The molecule has 0 saturated heterocycles. The third-order valence-electron chi connectivity index (χ3n) is 2.72. The van der Waals surface area contributed by atoms with Crippen LogP contribution in [0.1, 0.15) is 19.8 Å². The van der Waals surface area contributed by atoms with Gasteiger partial charge in [-0.25, -0.2) is 13.9 Å². The molecule has 0 aliphatic rings. The van der Waals surface area contributed by atoms with Crippen molar-refractivity contribution in [2.24, 2.45) is 0 Å². The van der Waals surface area contributed by atoms with Gasteiger partial charge < -0.3 is 4.74 Å². The molecule has 1 aromatic rings. The first-order valence-corrected chi connectivity index (χ1v) is 7.33. The average molecular weight is 287 g/mol. The number of methoxy groups -OCH3 is 1. The third kappa shape index (κ3) is 3.45. The molecule has 0 saturated carbocycles. The predicted molar refractivity (Wildman–Crippen MR) is 68.8 cm³/mol. The highest BCUT2D eigenvalue weighted by Gasteiger charge is 2.33. The largest absolute Gasteiger partial charge is 0.497 e. The Bertz CT molecular complexity index is 524. The lowest BCUT2D eigenvalue weighted by Crippen LogP contribution is -2.38. The number of carbonyl (C=O) groups is 1. The van der Waals surface area contributed by atoms with Crippen LogP contribution in [0.25, 0.3) is 0 Å². The van der Waals surface area contributed by atoms with Gasteiger partial charge in [0.05, 0.1) is 12.0 Å². The Morgan fingerprint density at radius 1 is 1.37 bits per heavy atom. The lowest BCUT2D eigenvalue weighted by atomic mass is 10.2. The molecule has 19 heavy (non-hydrogen) atoms. The van der Waals surface area contributed by atoms with Crippen LogP contribution in [0.2, 0.25) is 0 Å². The normalized spacial score (nSPS) is 12.8. The van der Waals surface area contributed by atoms with E-state index in [0.29, 0.717) is 12.2 Å². The van der Waals surface area contributed by atoms with Crippen molar-refractivity contribution in [3.8, 4) is 5.75 Å². The Morgan fingerprint density at radius 2 is 1.95 bits per heavy atom. The number of amides is 1. The molecule has 0 aliphatic carbocycles. The molecule has 6 nitrogen and oxygen atoms in total. The van der Waals surface area contributed by atoms with Crippen molar-refractivity contribution >= 4 is 15.7 Å². The molecule has 0 aromatic heterocycles. The summed E-state index contributed by atoms with van der Waals surface area (Å²) in [5.41, 5.74) is 1.41. The van der Waals surface area contributed by atoms with Crippen LogP contribution < -0.4 is 10.2 Å². The molecule has 1 atom stereocenters. The summed E-state index contributed by atoms with van der Waals surface area (Å²) in [6, 6.07) is 5.77. The molecule has 7 heteroatoms. The van der Waals surface area contributed by atoms with Crippen LogP contribution in [-0.2, 0) is 14.6 Å². The van der Waals surface area contributed by atoms with E-state index in [-0.39, 0.29) is 11.3 Å². The van der Waals surface area contributed by atoms with Crippen molar-refractivity contribution in [1.29, 1.82) is 0 Å². The number of ether oxygens (including phenoxy) is 1. The number of hydrogen-bond acceptors (Lipinski definition) is 5. The number of hydroxylamine groups is 1. The Balaban J connectivity index is 3.14. The Morgan fingerprint density at radius 3 is 2.37 bits per heavy atom. The van der Waals surface area contributed by atoms with E-state index in [9.17, 15) is 13.2 Å². The molecule has 2 N–H and O–H groups in total. The first-order chi connectivity index (χ1) is 8.97. The Labute approximate surface area is 112 Å². The highest BCUT2D eigenvalue weighted by Crippen LogP contribution is 2.22. The van der Waals surface area contributed by atoms with E-state index in [1.807, 2.05) is 0 Å². The molecule has 1 aromatic carbocycles. The maximum Gasteiger partial charge on any atom is 0.262 e. The summed E-state index contributed by atoms with van der Waals surface area (Å²) in [4.78, 5) is 11.5. The van der Waals surface area contributed by atoms with Gasteiger partial charge in [0.2, 0.25) is 0 Å². The second-order valence-corrected chi connectivity index (χ2v) is 6.10. The first-order valence-electron chi connectivity index (χ1n) is 5.79. The van der Waals surface area contributed by atoms with Gasteiger partial charge in [0.25, 0.3) is 5.91 Å². The molecule has 106 valence electrons. The number of nitrogens with one attached hydrogen (secondary N) is 1. The summed E-state index contributed by atoms with van der Waals surface area (Å²) in [5.74, 6) is -0.393. The molecule has 0 aliphatic heterocycles. The fraction of sp³-hybridized carbons (Fsp3) is 0.417. The smallest absolute Gasteiger partial charge is 0.262 e. The predicted octanol–water partition coefficient (Wildman–Crippen LogP) is 1.14. The second kappa shape index (κ2) is 6.53. The van der Waals surface area contributed by atoms with E-state index < -0.39 is 21.0 Å². The lowest BCUT2D eigenvalue weighted by Gasteiger charge is -2.15. The van der Waals surface area contributed by atoms with E-state index in [2.05, 4.69) is 0 Å². The van der Waals surface area contributed by atoms with Crippen LogP contribution >= 0.6 is 0 Å². The summed E-state index contributed by atoms with van der Waals surface area (Å²) in [6.45, 7) is 1.77. The molecule has 1 amide bonds. The summed E-state index contributed by atoms with van der Waals surface area (Å²) in [5, 5.41) is 7.34. The SMILES string of the molecule is CCCC(C(=O)NO)S(=O)(=O)c1ccc(OC)cc1. The minimum absolute atomic E-state index is 0.0235. The minimum Gasteiger partial charge on any atom is -0.497 e. The summed E-state index contributed by atoms with van der Waals surface area (Å²) in [7, 11) is -2.35. The topological polar surface area (TPSA) is 92.7 Å². The molecule has 0 radical (unpaired) electrons. The van der Waals surface area contributed by atoms with E-state index in [0.717, 1.165) is 0 Å². The third-order valence-corrected chi connectivity index (χ3v) is 4.84. The van der Waals surface area contributed by atoms with Gasteiger partial charge in [0, 0.05) is 0 Å². The van der Waals surface area contributed by atoms with Gasteiger partial charge in [-0.05, 0) is 30.7 Å². The van der Waals surface area contributed by atoms with Crippen molar-refractivity contribution in [2.45, 2.75) is 29.9 Å².